The van der Waals surface area contributed by atoms with E-state index in [9.17, 15) is 14.4 Å². The summed E-state index contributed by atoms with van der Waals surface area (Å²) in [4.78, 5) is 41.5. The summed E-state index contributed by atoms with van der Waals surface area (Å²) >= 11 is 1.38. The van der Waals surface area contributed by atoms with Crippen molar-refractivity contribution < 1.29 is 14.3 Å². The molecule has 1 N–H and O–H groups in total. The summed E-state index contributed by atoms with van der Waals surface area (Å²) in [6.45, 7) is 1.56. The van der Waals surface area contributed by atoms with Crippen molar-refractivity contribution >= 4 is 49.2 Å². The zero-order chi connectivity index (χ0) is 20.5. The number of amides is 1. The lowest BCUT2D eigenvalue weighted by Gasteiger charge is -2.10. The molecule has 7 nitrogen and oxygen atoms in total. The van der Waals surface area contributed by atoms with Crippen LogP contribution in [0.2, 0.25) is 0 Å². The Morgan fingerprint density at radius 2 is 1.86 bits per heavy atom. The van der Waals surface area contributed by atoms with Gasteiger partial charge in [0, 0.05) is 15.8 Å². The fourth-order valence-corrected chi connectivity index (χ4v) is 4.21. The minimum Gasteiger partial charge on any atom is -0.465 e. The van der Waals surface area contributed by atoms with Crippen molar-refractivity contribution in [1.29, 1.82) is 0 Å². The standard InChI is InChI=1S/C21H17N3O4S/c1-12-22-18-15-5-3-4-6-16(15)29-19(18)20(26)24(12)11-17(25)23-14-9-7-13(8-10-14)21(27)28-2/h3-10H,11H2,1-2H3,(H,23,25). The van der Waals surface area contributed by atoms with Gasteiger partial charge >= 0.3 is 5.97 Å². The first kappa shape index (κ1) is 18.8. The van der Waals surface area contributed by atoms with Crippen LogP contribution in [0.4, 0.5) is 5.69 Å². The Morgan fingerprint density at radius 3 is 2.59 bits per heavy atom. The van der Waals surface area contributed by atoms with Crippen molar-refractivity contribution in [1.82, 2.24) is 9.55 Å². The molecule has 0 aliphatic carbocycles. The molecule has 0 saturated carbocycles. The van der Waals surface area contributed by atoms with Crippen LogP contribution in [0.1, 0.15) is 16.2 Å². The monoisotopic (exact) mass is 407 g/mol. The van der Waals surface area contributed by atoms with Crippen molar-refractivity contribution in [3.63, 3.8) is 0 Å². The molecule has 4 aromatic rings. The van der Waals surface area contributed by atoms with Gasteiger partial charge in [-0.25, -0.2) is 9.78 Å². The van der Waals surface area contributed by atoms with E-state index in [1.807, 2.05) is 24.3 Å². The third kappa shape index (κ3) is 3.50. The molecule has 0 bridgehead atoms. The van der Waals surface area contributed by atoms with Crippen LogP contribution >= 0.6 is 11.3 Å². The first-order valence-corrected chi connectivity index (χ1v) is 9.66. The van der Waals surface area contributed by atoms with Gasteiger partial charge in [-0.1, -0.05) is 18.2 Å². The SMILES string of the molecule is COC(=O)c1ccc(NC(=O)Cn2c(C)nc3c(sc4ccccc43)c2=O)cc1. The fourth-order valence-electron chi connectivity index (χ4n) is 3.12. The van der Waals surface area contributed by atoms with Crippen molar-refractivity contribution in [2.75, 3.05) is 12.4 Å². The van der Waals surface area contributed by atoms with E-state index in [4.69, 9.17) is 0 Å². The highest BCUT2D eigenvalue weighted by Gasteiger charge is 2.16. The van der Waals surface area contributed by atoms with E-state index in [-0.39, 0.29) is 18.0 Å². The van der Waals surface area contributed by atoms with E-state index < -0.39 is 5.97 Å². The number of methoxy groups -OCH3 is 1. The number of benzene rings is 2. The number of carbonyl (C=O) groups is 2. The summed E-state index contributed by atoms with van der Waals surface area (Å²) in [7, 11) is 1.31. The summed E-state index contributed by atoms with van der Waals surface area (Å²) < 4.78 is 7.54. The Balaban J connectivity index is 1.60. The van der Waals surface area contributed by atoms with Gasteiger partial charge in [0.25, 0.3) is 5.56 Å². The molecule has 0 aliphatic heterocycles. The second-order valence-electron chi connectivity index (χ2n) is 6.44. The Bertz CT molecular complexity index is 1310. The molecule has 0 spiro atoms. The Labute approximate surface area is 169 Å². The maximum atomic E-state index is 13.0. The number of hydrogen-bond donors (Lipinski definition) is 1. The minimum absolute atomic E-state index is 0.152. The number of hydrogen-bond acceptors (Lipinski definition) is 6. The molecule has 2 aromatic carbocycles. The summed E-state index contributed by atoms with van der Waals surface area (Å²) in [5, 5.41) is 3.67. The van der Waals surface area contributed by atoms with Crippen molar-refractivity contribution in [2.45, 2.75) is 13.5 Å². The summed E-state index contributed by atoms with van der Waals surface area (Å²) in [6, 6.07) is 14.0. The number of nitrogens with one attached hydrogen (secondary N) is 1. The molecule has 2 heterocycles. The van der Waals surface area contributed by atoms with Crippen LogP contribution in [0.25, 0.3) is 20.3 Å². The molecule has 0 unspecified atom stereocenters. The molecular weight excluding hydrogens is 390 g/mol. The number of aromatic nitrogens is 2. The predicted molar refractivity (Wildman–Crippen MR) is 113 cm³/mol. The van der Waals surface area contributed by atoms with Gasteiger partial charge < -0.3 is 10.1 Å². The van der Waals surface area contributed by atoms with Crippen LogP contribution in [0.15, 0.2) is 53.3 Å². The number of nitrogens with zero attached hydrogens (tertiary/aromatic N) is 2. The molecule has 146 valence electrons. The maximum Gasteiger partial charge on any atom is 0.337 e. The Hall–Kier alpha value is -3.52. The van der Waals surface area contributed by atoms with Gasteiger partial charge in [-0.15, -0.1) is 11.3 Å². The number of ether oxygens (including phenoxy) is 1. The number of carbonyl (C=O) groups excluding carboxylic acids is 2. The highest BCUT2D eigenvalue weighted by atomic mass is 32.1. The zero-order valence-corrected chi connectivity index (χ0v) is 16.6. The lowest BCUT2D eigenvalue weighted by Crippen LogP contribution is -2.29. The Kier molecular flexibility index (Phi) is 4.85. The first-order valence-electron chi connectivity index (χ1n) is 8.85. The molecule has 0 saturated heterocycles. The number of thiophene rings is 1. The number of aryl methyl sites for hydroxylation is 1. The molecule has 2 aromatic heterocycles. The van der Waals surface area contributed by atoms with Crippen LogP contribution < -0.4 is 10.9 Å². The smallest absolute Gasteiger partial charge is 0.337 e. The van der Waals surface area contributed by atoms with Gasteiger partial charge in [-0.2, -0.15) is 0 Å². The van der Waals surface area contributed by atoms with Gasteiger partial charge in [0.15, 0.2) is 0 Å². The largest absolute Gasteiger partial charge is 0.465 e. The third-order valence-electron chi connectivity index (χ3n) is 4.56. The highest BCUT2D eigenvalue weighted by molar-refractivity contribution is 7.25. The topological polar surface area (TPSA) is 90.3 Å². The quantitative estimate of drug-likeness (QED) is 0.524. The molecule has 29 heavy (non-hydrogen) atoms. The number of anilines is 1. The second-order valence-corrected chi connectivity index (χ2v) is 7.50. The van der Waals surface area contributed by atoms with Crippen LogP contribution in [0, 0.1) is 6.92 Å². The van der Waals surface area contributed by atoms with E-state index in [2.05, 4.69) is 15.0 Å². The highest BCUT2D eigenvalue weighted by Crippen LogP contribution is 2.30. The second kappa shape index (κ2) is 7.48. The number of esters is 1. The van der Waals surface area contributed by atoms with Crippen molar-refractivity contribution in [3.8, 4) is 0 Å². The van der Waals surface area contributed by atoms with Crippen molar-refractivity contribution in [3.05, 3.63) is 70.3 Å². The molecule has 8 heteroatoms. The first-order chi connectivity index (χ1) is 14.0. The lowest BCUT2D eigenvalue weighted by molar-refractivity contribution is -0.116. The average molecular weight is 407 g/mol. The minimum atomic E-state index is -0.451. The molecule has 4 rings (SSSR count). The summed E-state index contributed by atoms with van der Waals surface area (Å²) in [6.07, 6.45) is 0. The fraction of sp³-hybridized carbons (Fsp3) is 0.143. The van der Waals surface area contributed by atoms with Gasteiger partial charge in [0.1, 0.15) is 17.1 Å². The van der Waals surface area contributed by atoms with Gasteiger partial charge in [0.2, 0.25) is 5.91 Å². The maximum absolute atomic E-state index is 13.0. The third-order valence-corrected chi connectivity index (χ3v) is 5.71. The van der Waals surface area contributed by atoms with E-state index >= 15 is 0 Å². The van der Waals surface area contributed by atoms with E-state index in [0.29, 0.717) is 27.3 Å². The Morgan fingerprint density at radius 1 is 1.14 bits per heavy atom. The van der Waals surface area contributed by atoms with E-state index in [0.717, 1.165) is 10.1 Å². The summed E-state index contributed by atoms with van der Waals surface area (Å²) in [5.41, 5.74) is 1.34. The number of fused-ring (bicyclic) bond motifs is 3. The average Bonchev–Trinajstić information content (AvgIpc) is 3.10. The van der Waals surface area contributed by atoms with Crippen LogP contribution in [-0.4, -0.2) is 28.5 Å². The zero-order valence-electron chi connectivity index (χ0n) is 15.8. The number of rotatable bonds is 4. The molecule has 0 radical (unpaired) electrons. The molecule has 0 fully saturated rings. The van der Waals surface area contributed by atoms with Crippen LogP contribution in [0.5, 0.6) is 0 Å². The molecule has 1 amide bonds. The van der Waals surface area contributed by atoms with Crippen molar-refractivity contribution in [2.24, 2.45) is 0 Å². The van der Waals surface area contributed by atoms with Crippen LogP contribution in [-0.2, 0) is 16.1 Å². The van der Waals surface area contributed by atoms with Crippen LogP contribution in [0.3, 0.4) is 0 Å². The van der Waals surface area contributed by atoms with E-state index in [1.165, 1.54) is 23.0 Å². The van der Waals surface area contributed by atoms with Gasteiger partial charge in [-0.05, 0) is 37.3 Å². The normalized spacial score (nSPS) is 11.0. The summed E-state index contributed by atoms with van der Waals surface area (Å²) in [5.74, 6) is -0.335. The molecular formula is C21H17N3O4S. The van der Waals surface area contributed by atoms with E-state index in [1.54, 1.807) is 31.2 Å². The molecule has 0 aliphatic rings. The predicted octanol–water partition coefficient (Wildman–Crippen LogP) is 3.34. The molecule has 0 atom stereocenters. The van der Waals surface area contributed by atoms with Gasteiger partial charge in [-0.3, -0.25) is 14.2 Å². The lowest BCUT2D eigenvalue weighted by atomic mass is 10.2. The van der Waals surface area contributed by atoms with Gasteiger partial charge in [0.05, 0.1) is 18.2 Å².